The molecule has 0 aliphatic carbocycles. The highest BCUT2D eigenvalue weighted by molar-refractivity contribution is 7.90. The minimum absolute atomic E-state index is 0.0991. The van der Waals surface area contributed by atoms with Gasteiger partial charge in [0.05, 0.1) is 12.5 Å². The largest absolute Gasteiger partial charge is 0.481 e. The van der Waals surface area contributed by atoms with E-state index in [0.29, 0.717) is 12.8 Å². The third-order valence-electron chi connectivity index (χ3n) is 2.15. The van der Waals surface area contributed by atoms with Crippen LogP contribution < -0.4 is 4.72 Å². The highest BCUT2D eigenvalue weighted by atomic mass is 32.2. The molecule has 1 atom stereocenters. The number of hydrogen-bond acceptors (Lipinski definition) is 5. The molecule has 0 aromatic carbocycles. The summed E-state index contributed by atoms with van der Waals surface area (Å²) in [6.45, 7) is 3.26. The van der Waals surface area contributed by atoms with E-state index < -0.39 is 33.6 Å². The first kappa shape index (κ1) is 16.9. The number of nitrogens with one attached hydrogen (secondary N) is 1. The van der Waals surface area contributed by atoms with Crippen molar-refractivity contribution < 1.29 is 27.9 Å². The predicted molar refractivity (Wildman–Crippen MR) is 64.5 cm³/mol. The van der Waals surface area contributed by atoms with Gasteiger partial charge in [-0.1, -0.05) is 13.3 Å². The van der Waals surface area contributed by atoms with Crippen LogP contribution in [0.15, 0.2) is 0 Å². The number of aliphatic carboxylic acids is 1. The van der Waals surface area contributed by atoms with Gasteiger partial charge in [0.25, 0.3) is 0 Å². The van der Waals surface area contributed by atoms with E-state index in [1.165, 1.54) is 0 Å². The Morgan fingerprint density at radius 1 is 1.33 bits per heavy atom. The van der Waals surface area contributed by atoms with E-state index in [2.05, 4.69) is 9.46 Å². The van der Waals surface area contributed by atoms with Crippen LogP contribution >= 0.6 is 0 Å². The van der Waals surface area contributed by atoms with Gasteiger partial charge in [0, 0.05) is 6.54 Å². The zero-order chi connectivity index (χ0) is 14.2. The van der Waals surface area contributed by atoms with Gasteiger partial charge in [0.15, 0.2) is 5.75 Å². The first-order valence-electron chi connectivity index (χ1n) is 5.68. The van der Waals surface area contributed by atoms with Gasteiger partial charge in [-0.15, -0.1) is 0 Å². The van der Waals surface area contributed by atoms with E-state index in [-0.39, 0.29) is 13.2 Å². The fourth-order valence-electron chi connectivity index (χ4n) is 1.30. The summed E-state index contributed by atoms with van der Waals surface area (Å²) in [7, 11) is -3.84. The van der Waals surface area contributed by atoms with Crippen molar-refractivity contribution in [1.29, 1.82) is 0 Å². The summed E-state index contributed by atoms with van der Waals surface area (Å²) in [6.07, 6.45) is 1.01. The average molecular weight is 281 g/mol. The van der Waals surface area contributed by atoms with E-state index in [9.17, 15) is 18.0 Å². The second kappa shape index (κ2) is 8.04. The summed E-state index contributed by atoms with van der Waals surface area (Å²) < 4.78 is 29.5. The van der Waals surface area contributed by atoms with Crippen LogP contribution in [0.5, 0.6) is 0 Å². The summed E-state index contributed by atoms with van der Waals surface area (Å²) in [5.41, 5.74) is 0. The van der Waals surface area contributed by atoms with Crippen molar-refractivity contribution in [2.45, 2.75) is 26.7 Å². The van der Waals surface area contributed by atoms with Crippen LogP contribution in [-0.2, 0) is 24.3 Å². The Hall–Kier alpha value is -1.15. The van der Waals surface area contributed by atoms with Gasteiger partial charge in [0.1, 0.15) is 0 Å². The number of carbonyl (C=O) groups is 2. The third-order valence-corrected chi connectivity index (χ3v) is 3.37. The molecular weight excluding hydrogens is 262 g/mol. The maximum absolute atomic E-state index is 11.4. The van der Waals surface area contributed by atoms with Crippen LogP contribution in [0.4, 0.5) is 0 Å². The average Bonchev–Trinajstić information content (AvgIpc) is 2.23. The fraction of sp³-hybridized carbons (Fsp3) is 0.800. The smallest absolute Gasteiger partial charge is 0.322 e. The number of esters is 1. The Bertz CT molecular complexity index is 378. The Morgan fingerprint density at radius 2 is 1.94 bits per heavy atom. The Labute approximate surface area is 107 Å². The van der Waals surface area contributed by atoms with Crippen LogP contribution in [0, 0.1) is 5.92 Å². The Balaban J connectivity index is 4.32. The zero-order valence-electron chi connectivity index (χ0n) is 10.5. The molecule has 2 N–H and O–H groups in total. The second-order valence-electron chi connectivity index (χ2n) is 3.74. The van der Waals surface area contributed by atoms with Crippen LogP contribution in [0.3, 0.4) is 0 Å². The molecular formula is C10H19NO6S. The molecule has 0 saturated carbocycles. The molecule has 0 aromatic heterocycles. The molecule has 0 rings (SSSR count). The summed E-state index contributed by atoms with van der Waals surface area (Å²) in [5, 5.41) is 8.84. The standard InChI is InChI=1S/C10H19NO6S/c1-3-5-8(10(13)14)6-11-18(15,16)7-9(12)17-4-2/h8,11H,3-7H2,1-2H3,(H,13,14). The van der Waals surface area contributed by atoms with E-state index in [1.54, 1.807) is 6.92 Å². The van der Waals surface area contributed by atoms with Crippen molar-refractivity contribution in [3.8, 4) is 0 Å². The molecule has 0 heterocycles. The maximum atomic E-state index is 11.4. The van der Waals surface area contributed by atoms with Crippen molar-refractivity contribution in [3.05, 3.63) is 0 Å². The first-order chi connectivity index (χ1) is 8.32. The monoisotopic (exact) mass is 281 g/mol. The van der Waals surface area contributed by atoms with Crippen molar-refractivity contribution in [2.75, 3.05) is 18.9 Å². The van der Waals surface area contributed by atoms with E-state index >= 15 is 0 Å². The SMILES string of the molecule is CCCC(CNS(=O)(=O)CC(=O)OCC)C(=O)O. The quantitative estimate of drug-likeness (QED) is 0.574. The van der Waals surface area contributed by atoms with Crippen molar-refractivity contribution >= 4 is 22.0 Å². The first-order valence-corrected chi connectivity index (χ1v) is 7.33. The summed E-state index contributed by atoms with van der Waals surface area (Å²) in [5.74, 6) is -3.49. The number of carbonyl (C=O) groups excluding carboxylic acids is 1. The molecule has 106 valence electrons. The van der Waals surface area contributed by atoms with Gasteiger partial charge in [-0.25, -0.2) is 13.1 Å². The molecule has 0 aliphatic heterocycles. The fourth-order valence-corrected chi connectivity index (χ4v) is 2.25. The number of rotatable bonds is 9. The van der Waals surface area contributed by atoms with Crippen molar-refractivity contribution in [3.63, 3.8) is 0 Å². The zero-order valence-corrected chi connectivity index (χ0v) is 11.3. The normalized spacial score (nSPS) is 13.0. The van der Waals surface area contributed by atoms with Crippen LogP contribution in [-0.4, -0.2) is 44.4 Å². The van der Waals surface area contributed by atoms with E-state index in [1.807, 2.05) is 6.92 Å². The minimum Gasteiger partial charge on any atom is -0.481 e. The summed E-state index contributed by atoms with van der Waals surface area (Å²) >= 11 is 0. The molecule has 7 nitrogen and oxygen atoms in total. The van der Waals surface area contributed by atoms with Crippen LogP contribution in [0.2, 0.25) is 0 Å². The van der Waals surface area contributed by atoms with E-state index in [4.69, 9.17) is 5.11 Å². The predicted octanol–water partition coefficient (Wildman–Crippen LogP) is -0.0302. The summed E-state index contributed by atoms with van der Waals surface area (Å²) in [4.78, 5) is 21.8. The molecule has 0 aromatic rings. The highest BCUT2D eigenvalue weighted by Gasteiger charge is 2.22. The molecule has 0 spiro atoms. The van der Waals surface area contributed by atoms with Crippen molar-refractivity contribution in [2.24, 2.45) is 5.92 Å². The lowest BCUT2D eigenvalue weighted by atomic mass is 10.1. The number of carboxylic acid groups (broad SMARTS) is 1. The molecule has 0 aliphatic rings. The lowest BCUT2D eigenvalue weighted by molar-refractivity contribution is -0.142. The lowest BCUT2D eigenvalue weighted by Crippen LogP contribution is -2.36. The van der Waals surface area contributed by atoms with Crippen molar-refractivity contribution in [1.82, 2.24) is 4.72 Å². The lowest BCUT2D eigenvalue weighted by Gasteiger charge is -2.12. The Kier molecular flexibility index (Phi) is 7.53. The van der Waals surface area contributed by atoms with Crippen LogP contribution in [0.25, 0.3) is 0 Å². The number of hydrogen-bond donors (Lipinski definition) is 2. The molecule has 0 radical (unpaired) electrons. The number of ether oxygens (including phenoxy) is 1. The van der Waals surface area contributed by atoms with Gasteiger partial charge in [0.2, 0.25) is 10.0 Å². The third kappa shape index (κ3) is 7.23. The van der Waals surface area contributed by atoms with Gasteiger partial charge < -0.3 is 9.84 Å². The molecule has 0 bridgehead atoms. The molecule has 1 unspecified atom stereocenters. The highest BCUT2D eigenvalue weighted by Crippen LogP contribution is 2.05. The Morgan fingerprint density at radius 3 is 2.39 bits per heavy atom. The molecule has 0 fully saturated rings. The number of sulfonamides is 1. The van der Waals surface area contributed by atoms with Crippen LogP contribution in [0.1, 0.15) is 26.7 Å². The molecule has 0 saturated heterocycles. The van der Waals surface area contributed by atoms with E-state index in [0.717, 1.165) is 0 Å². The number of carboxylic acids is 1. The van der Waals surface area contributed by atoms with Gasteiger partial charge in [-0.3, -0.25) is 9.59 Å². The van der Waals surface area contributed by atoms with Gasteiger partial charge in [-0.2, -0.15) is 0 Å². The maximum Gasteiger partial charge on any atom is 0.322 e. The summed E-state index contributed by atoms with van der Waals surface area (Å²) in [6, 6.07) is 0. The molecule has 8 heteroatoms. The van der Waals surface area contributed by atoms with Gasteiger partial charge in [-0.05, 0) is 13.3 Å². The molecule has 0 amide bonds. The van der Waals surface area contributed by atoms with Gasteiger partial charge >= 0.3 is 11.9 Å². The molecule has 18 heavy (non-hydrogen) atoms. The second-order valence-corrected chi connectivity index (χ2v) is 5.54. The minimum atomic E-state index is -3.84. The topological polar surface area (TPSA) is 110 Å².